The number of hydrogen-bond donors (Lipinski definition) is 1. The van der Waals surface area contributed by atoms with Crippen LogP contribution in [0.4, 0.5) is 5.95 Å². The SMILES string of the molecule is Cc1nc(N(C)C)ncc1CNC1CC1. The molecular formula is C11H18N4. The molecule has 1 aliphatic rings. The molecule has 0 bridgehead atoms. The highest BCUT2D eigenvalue weighted by Crippen LogP contribution is 2.19. The van der Waals surface area contributed by atoms with Crippen LogP contribution in [0.5, 0.6) is 0 Å². The average Bonchev–Trinajstić information content (AvgIpc) is 2.99. The largest absolute Gasteiger partial charge is 0.347 e. The molecule has 0 radical (unpaired) electrons. The second-order valence-corrected chi connectivity index (χ2v) is 4.33. The molecule has 0 spiro atoms. The molecular weight excluding hydrogens is 188 g/mol. The molecule has 4 heteroatoms. The molecule has 1 aromatic rings. The van der Waals surface area contributed by atoms with Crippen molar-refractivity contribution in [1.82, 2.24) is 15.3 Å². The van der Waals surface area contributed by atoms with E-state index in [4.69, 9.17) is 0 Å². The maximum Gasteiger partial charge on any atom is 0.224 e. The van der Waals surface area contributed by atoms with Crippen LogP contribution < -0.4 is 10.2 Å². The van der Waals surface area contributed by atoms with Gasteiger partial charge in [-0.15, -0.1) is 0 Å². The summed E-state index contributed by atoms with van der Waals surface area (Å²) >= 11 is 0. The molecule has 0 atom stereocenters. The Bertz CT molecular complexity index is 344. The van der Waals surface area contributed by atoms with Gasteiger partial charge in [-0.2, -0.15) is 0 Å². The maximum absolute atomic E-state index is 4.45. The van der Waals surface area contributed by atoms with Gasteiger partial charge in [0.05, 0.1) is 0 Å². The first-order chi connectivity index (χ1) is 7.16. The monoisotopic (exact) mass is 206 g/mol. The number of nitrogens with zero attached hydrogens (tertiary/aromatic N) is 3. The topological polar surface area (TPSA) is 41.1 Å². The Morgan fingerprint density at radius 3 is 2.73 bits per heavy atom. The van der Waals surface area contributed by atoms with Crippen molar-refractivity contribution in [3.05, 3.63) is 17.5 Å². The van der Waals surface area contributed by atoms with Crippen molar-refractivity contribution in [1.29, 1.82) is 0 Å². The molecule has 0 aromatic carbocycles. The van der Waals surface area contributed by atoms with Gasteiger partial charge in [0, 0.05) is 44.1 Å². The van der Waals surface area contributed by atoms with Crippen LogP contribution in [0.15, 0.2) is 6.20 Å². The molecule has 0 aliphatic heterocycles. The van der Waals surface area contributed by atoms with Gasteiger partial charge in [-0.1, -0.05) is 0 Å². The quantitative estimate of drug-likeness (QED) is 0.801. The Balaban J connectivity index is 2.04. The summed E-state index contributed by atoms with van der Waals surface area (Å²) < 4.78 is 0. The van der Waals surface area contributed by atoms with Crippen LogP contribution in [0.3, 0.4) is 0 Å². The molecule has 2 rings (SSSR count). The molecule has 0 unspecified atom stereocenters. The summed E-state index contributed by atoms with van der Waals surface area (Å²) in [5, 5.41) is 3.47. The first kappa shape index (κ1) is 10.4. The maximum atomic E-state index is 4.45. The third-order valence-electron chi connectivity index (χ3n) is 2.63. The summed E-state index contributed by atoms with van der Waals surface area (Å²) in [4.78, 5) is 10.7. The Kier molecular flexibility index (Phi) is 2.86. The van der Waals surface area contributed by atoms with Crippen molar-refractivity contribution in [2.24, 2.45) is 0 Å². The van der Waals surface area contributed by atoms with E-state index in [1.54, 1.807) is 0 Å². The lowest BCUT2D eigenvalue weighted by molar-refractivity contribution is 0.679. The standard InChI is InChI=1S/C11H18N4/c1-8-9(6-12-10-4-5-10)7-13-11(14-8)15(2)3/h7,10,12H,4-6H2,1-3H3. The first-order valence-electron chi connectivity index (χ1n) is 5.40. The highest BCUT2D eigenvalue weighted by atomic mass is 15.2. The second-order valence-electron chi connectivity index (χ2n) is 4.33. The number of aryl methyl sites for hydroxylation is 1. The molecule has 1 aliphatic carbocycles. The predicted octanol–water partition coefficient (Wildman–Crippen LogP) is 1.10. The first-order valence-corrected chi connectivity index (χ1v) is 5.40. The minimum absolute atomic E-state index is 0.734. The molecule has 1 heterocycles. The fourth-order valence-corrected chi connectivity index (χ4v) is 1.41. The van der Waals surface area contributed by atoms with E-state index >= 15 is 0 Å². The molecule has 1 N–H and O–H groups in total. The third-order valence-corrected chi connectivity index (χ3v) is 2.63. The summed E-state index contributed by atoms with van der Waals surface area (Å²) in [7, 11) is 3.91. The van der Waals surface area contributed by atoms with Crippen LogP contribution in [-0.4, -0.2) is 30.1 Å². The van der Waals surface area contributed by atoms with Crippen LogP contribution in [0.1, 0.15) is 24.1 Å². The van der Waals surface area contributed by atoms with E-state index in [0.717, 1.165) is 24.2 Å². The van der Waals surface area contributed by atoms with E-state index in [1.165, 1.54) is 18.4 Å². The van der Waals surface area contributed by atoms with Crippen molar-refractivity contribution in [3.8, 4) is 0 Å². The van der Waals surface area contributed by atoms with Crippen molar-refractivity contribution in [3.63, 3.8) is 0 Å². The van der Waals surface area contributed by atoms with Crippen molar-refractivity contribution in [2.45, 2.75) is 32.4 Å². The minimum Gasteiger partial charge on any atom is -0.347 e. The van der Waals surface area contributed by atoms with E-state index in [0.29, 0.717) is 0 Å². The van der Waals surface area contributed by atoms with Gasteiger partial charge in [0.1, 0.15) is 0 Å². The van der Waals surface area contributed by atoms with E-state index in [1.807, 2.05) is 32.1 Å². The molecule has 1 fully saturated rings. The van der Waals surface area contributed by atoms with Crippen LogP contribution in [0.2, 0.25) is 0 Å². The summed E-state index contributed by atoms with van der Waals surface area (Å²) in [5.41, 5.74) is 2.27. The van der Waals surface area contributed by atoms with Gasteiger partial charge in [-0.3, -0.25) is 0 Å². The molecule has 0 amide bonds. The Hall–Kier alpha value is -1.16. The molecule has 82 valence electrons. The van der Waals surface area contributed by atoms with Crippen molar-refractivity contribution in [2.75, 3.05) is 19.0 Å². The number of anilines is 1. The molecule has 15 heavy (non-hydrogen) atoms. The number of aromatic nitrogens is 2. The van der Waals surface area contributed by atoms with Gasteiger partial charge >= 0.3 is 0 Å². The Morgan fingerprint density at radius 2 is 2.20 bits per heavy atom. The van der Waals surface area contributed by atoms with Crippen molar-refractivity contribution >= 4 is 5.95 Å². The van der Waals surface area contributed by atoms with Gasteiger partial charge in [0.15, 0.2) is 0 Å². The lowest BCUT2D eigenvalue weighted by Gasteiger charge is -2.12. The highest BCUT2D eigenvalue weighted by molar-refractivity contribution is 5.30. The Morgan fingerprint density at radius 1 is 1.47 bits per heavy atom. The van der Waals surface area contributed by atoms with Gasteiger partial charge in [-0.05, 0) is 19.8 Å². The van der Waals surface area contributed by atoms with Gasteiger partial charge in [0.25, 0.3) is 0 Å². The lowest BCUT2D eigenvalue weighted by Crippen LogP contribution is -2.18. The molecule has 1 aromatic heterocycles. The van der Waals surface area contributed by atoms with Gasteiger partial charge in [-0.25, -0.2) is 9.97 Å². The van der Waals surface area contributed by atoms with Crippen molar-refractivity contribution < 1.29 is 0 Å². The van der Waals surface area contributed by atoms with Crippen LogP contribution >= 0.6 is 0 Å². The highest BCUT2D eigenvalue weighted by Gasteiger charge is 2.20. The van der Waals surface area contributed by atoms with E-state index in [9.17, 15) is 0 Å². The van der Waals surface area contributed by atoms with Crippen LogP contribution in [0.25, 0.3) is 0 Å². The Labute approximate surface area is 90.7 Å². The summed E-state index contributed by atoms with van der Waals surface area (Å²) in [6.07, 6.45) is 4.55. The average molecular weight is 206 g/mol. The van der Waals surface area contributed by atoms with Crippen LogP contribution in [0, 0.1) is 6.92 Å². The zero-order valence-corrected chi connectivity index (χ0v) is 9.62. The predicted molar refractivity (Wildman–Crippen MR) is 61.0 cm³/mol. The fourth-order valence-electron chi connectivity index (χ4n) is 1.41. The molecule has 4 nitrogen and oxygen atoms in total. The number of nitrogens with one attached hydrogen (secondary N) is 1. The summed E-state index contributed by atoms with van der Waals surface area (Å²) in [6, 6.07) is 0.734. The second kappa shape index (κ2) is 4.14. The van der Waals surface area contributed by atoms with Crippen LogP contribution in [-0.2, 0) is 6.54 Å². The number of hydrogen-bond acceptors (Lipinski definition) is 4. The van der Waals surface area contributed by atoms with Gasteiger partial charge in [0.2, 0.25) is 5.95 Å². The zero-order valence-electron chi connectivity index (χ0n) is 9.62. The van der Waals surface area contributed by atoms with Gasteiger partial charge < -0.3 is 10.2 Å². The van der Waals surface area contributed by atoms with E-state index in [-0.39, 0.29) is 0 Å². The minimum atomic E-state index is 0.734. The zero-order chi connectivity index (χ0) is 10.8. The molecule has 0 saturated heterocycles. The lowest BCUT2D eigenvalue weighted by atomic mass is 10.2. The molecule has 1 saturated carbocycles. The van der Waals surface area contributed by atoms with E-state index < -0.39 is 0 Å². The fraction of sp³-hybridized carbons (Fsp3) is 0.636. The summed E-state index contributed by atoms with van der Waals surface area (Å²) in [6.45, 7) is 2.93. The smallest absolute Gasteiger partial charge is 0.224 e. The normalized spacial score (nSPS) is 15.4. The van der Waals surface area contributed by atoms with E-state index in [2.05, 4.69) is 15.3 Å². The summed E-state index contributed by atoms with van der Waals surface area (Å²) in [5.74, 6) is 0.780. The third kappa shape index (κ3) is 2.65. The number of rotatable bonds is 4.